The first-order valence-corrected chi connectivity index (χ1v) is 22.8. The average molecular weight is 827 g/mol. The maximum absolute atomic E-state index is 14.8. The minimum Gasteiger partial charge on any atom is -0.444 e. The topological polar surface area (TPSA) is 176 Å². The highest BCUT2D eigenvalue weighted by molar-refractivity contribution is 7.90. The van der Waals surface area contributed by atoms with Gasteiger partial charge in [-0.3, -0.25) is 33.6 Å². The molecule has 7 rings (SSSR count). The van der Waals surface area contributed by atoms with Gasteiger partial charge in [0.05, 0.1) is 35.8 Å². The average Bonchev–Trinajstić information content (AvgIpc) is 4.06. The molecule has 2 N–H and O–H groups in total. The third-order valence-corrected chi connectivity index (χ3v) is 15.2. The summed E-state index contributed by atoms with van der Waals surface area (Å²) in [6, 6.07) is 3.70. The fourth-order valence-corrected chi connectivity index (χ4v) is 11.2. The predicted molar refractivity (Wildman–Crippen MR) is 211 cm³/mol. The van der Waals surface area contributed by atoms with Crippen molar-refractivity contribution in [3.05, 3.63) is 46.5 Å². The number of hydrogen-bond donors (Lipinski definition) is 2. The molecule has 13 nitrogen and oxygen atoms in total. The fraction of sp³-hybridized carbons (Fsp3) is 0.667. The molecular formula is C42H55ClN4O9S. The molecule has 3 aliphatic heterocycles. The van der Waals surface area contributed by atoms with Crippen molar-refractivity contribution in [1.29, 1.82) is 0 Å². The van der Waals surface area contributed by atoms with Gasteiger partial charge in [0.25, 0.3) is 0 Å². The van der Waals surface area contributed by atoms with Crippen molar-refractivity contribution in [2.24, 2.45) is 23.2 Å². The molecule has 3 aliphatic carbocycles. The maximum atomic E-state index is 14.8. The Labute approximate surface area is 340 Å². The smallest absolute Gasteiger partial charge is 0.410 e. The van der Waals surface area contributed by atoms with E-state index in [4.69, 9.17) is 16.3 Å². The van der Waals surface area contributed by atoms with Crippen LogP contribution in [-0.4, -0.2) is 83.6 Å². The number of ether oxygens (including phenoxy) is 1. The molecule has 3 heterocycles. The van der Waals surface area contributed by atoms with Gasteiger partial charge in [-0.15, -0.1) is 0 Å². The van der Waals surface area contributed by atoms with Crippen LogP contribution in [0.4, 0.5) is 4.79 Å². The van der Waals surface area contributed by atoms with Crippen molar-refractivity contribution in [3.8, 4) is 0 Å². The highest BCUT2D eigenvalue weighted by atomic mass is 35.5. The van der Waals surface area contributed by atoms with E-state index in [1.54, 1.807) is 6.07 Å². The molecule has 6 aliphatic rings. The number of fused-ring (bicyclic) bond motifs is 3. The summed E-state index contributed by atoms with van der Waals surface area (Å²) in [5, 5.41) is 2.82. The van der Waals surface area contributed by atoms with Crippen LogP contribution in [0.25, 0.3) is 0 Å². The van der Waals surface area contributed by atoms with Gasteiger partial charge in [-0.05, 0) is 80.4 Å². The standard InChI is InChI=1S/C42H55ClN4O9S/c1-26(48)44-38(27-11-7-5-8-12-27)36(49)19-28-13-6-3-2-4-9-15-30-21-42(30,40(52)45-57(54,55)32-17-18-32)22-37(50)35-20-31(24-47(35)39(28)51)56-41(53)46-23-29-14-10-16-34(43)33(29)25-46/h9-10,14-16,27-28,30-32,35,38H,2-8,11-13,17-25H2,1H3,(H,44,48)(H,45,52)/b15-9-/t28-,30-,31-,35+,38+,42-/m1/s1. The van der Waals surface area contributed by atoms with E-state index >= 15 is 0 Å². The molecule has 6 atom stereocenters. The second-order valence-corrected chi connectivity index (χ2v) is 19.6. The molecule has 0 spiro atoms. The molecule has 3 saturated carbocycles. The second kappa shape index (κ2) is 17.2. The number of Topliss-reactive ketones (excluding diaryl/α,β-unsaturated/α-hetero) is 2. The van der Waals surface area contributed by atoms with E-state index in [0.29, 0.717) is 50.1 Å². The minimum absolute atomic E-state index is 0.00626. The summed E-state index contributed by atoms with van der Waals surface area (Å²) in [6.07, 6.45) is 11.2. The first-order valence-electron chi connectivity index (χ1n) is 20.8. The fourth-order valence-electron chi connectivity index (χ4n) is 9.57. The summed E-state index contributed by atoms with van der Waals surface area (Å²) in [7, 11) is -3.88. The third-order valence-electron chi connectivity index (χ3n) is 13.1. The summed E-state index contributed by atoms with van der Waals surface area (Å²) in [4.78, 5) is 86.2. The zero-order valence-corrected chi connectivity index (χ0v) is 34.3. The number of halogens is 1. The zero-order valence-electron chi connectivity index (χ0n) is 32.7. The Morgan fingerprint density at radius 2 is 1.72 bits per heavy atom. The molecule has 4 amide bonds. The van der Waals surface area contributed by atoms with Gasteiger partial charge in [-0.2, -0.15) is 0 Å². The van der Waals surface area contributed by atoms with Crippen molar-refractivity contribution in [2.75, 3.05) is 6.54 Å². The summed E-state index contributed by atoms with van der Waals surface area (Å²) < 4.78 is 34.1. The molecular weight excluding hydrogens is 772 g/mol. The first-order chi connectivity index (χ1) is 27.3. The number of rotatable bonds is 9. The van der Waals surface area contributed by atoms with Crippen molar-refractivity contribution in [1.82, 2.24) is 19.8 Å². The van der Waals surface area contributed by atoms with Gasteiger partial charge >= 0.3 is 6.09 Å². The van der Waals surface area contributed by atoms with E-state index in [0.717, 1.165) is 56.1 Å². The zero-order chi connectivity index (χ0) is 40.5. The summed E-state index contributed by atoms with van der Waals surface area (Å²) >= 11 is 6.40. The molecule has 0 aromatic heterocycles. The first kappa shape index (κ1) is 41.4. The molecule has 15 heteroatoms. The molecule has 57 heavy (non-hydrogen) atoms. The SMILES string of the molecule is CC(=O)N[C@H](C(=O)C[C@H]1CCCCC/C=C\[C@@H]2C[C@@]2(C(=O)NS(=O)(=O)C2CC2)CC(=O)[C@@H]2C[C@@H](OC(=O)N3Cc4cccc(Cl)c4C3)CN2C1=O)C1CCCCC1. The number of benzene rings is 1. The molecule has 1 saturated heterocycles. The van der Waals surface area contributed by atoms with Crippen LogP contribution >= 0.6 is 11.6 Å². The van der Waals surface area contributed by atoms with Crippen LogP contribution in [0.2, 0.25) is 5.02 Å². The van der Waals surface area contributed by atoms with Gasteiger partial charge < -0.3 is 15.0 Å². The molecule has 0 bridgehead atoms. The van der Waals surface area contributed by atoms with E-state index in [-0.39, 0.29) is 55.9 Å². The largest absolute Gasteiger partial charge is 0.444 e. The van der Waals surface area contributed by atoms with Gasteiger partial charge in [0, 0.05) is 43.7 Å². The lowest BCUT2D eigenvalue weighted by atomic mass is 9.80. The van der Waals surface area contributed by atoms with Gasteiger partial charge in [0.15, 0.2) is 11.6 Å². The van der Waals surface area contributed by atoms with Crippen molar-refractivity contribution in [2.45, 2.75) is 146 Å². The van der Waals surface area contributed by atoms with Crippen molar-refractivity contribution < 1.29 is 41.9 Å². The molecule has 1 aromatic rings. The van der Waals surface area contributed by atoms with Crippen LogP contribution in [0.1, 0.15) is 121 Å². The Hall–Kier alpha value is -3.78. The van der Waals surface area contributed by atoms with Crippen LogP contribution in [0, 0.1) is 23.2 Å². The number of nitrogens with zero attached hydrogens (tertiary/aromatic N) is 2. The van der Waals surface area contributed by atoms with Gasteiger partial charge in [-0.25, -0.2) is 13.2 Å². The summed E-state index contributed by atoms with van der Waals surface area (Å²) in [5.41, 5.74) is 0.447. The normalized spacial score (nSPS) is 29.5. The highest BCUT2D eigenvalue weighted by Crippen LogP contribution is 2.57. The number of carbonyl (C=O) groups is 6. The summed E-state index contributed by atoms with van der Waals surface area (Å²) in [6.45, 7) is 1.86. The second-order valence-electron chi connectivity index (χ2n) is 17.3. The van der Waals surface area contributed by atoms with Crippen LogP contribution in [0.3, 0.4) is 0 Å². The predicted octanol–water partition coefficient (Wildman–Crippen LogP) is 5.52. The molecule has 0 radical (unpaired) electrons. The number of ketones is 2. The maximum Gasteiger partial charge on any atom is 0.410 e. The Morgan fingerprint density at radius 3 is 2.44 bits per heavy atom. The lowest BCUT2D eigenvalue weighted by molar-refractivity contribution is -0.144. The minimum atomic E-state index is -3.88. The molecule has 1 aromatic carbocycles. The van der Waals surface area contributed by atoms with Crippen LogP contribution in [-0.2, 0) is 51.8 Å². The Bertz CT molecular complexity index is 1910. The van der Waals surface area contributed by atoms with Gasteiger partial charge in [0.1, 0.15) is 6.10 Å². The Morgan fingerprint density at radius 1 is 0.982 bits per heavy atom. The van der Waals surface area contributed by atoms with Crippen LogP contribution in [0.5, 0.6) is 0 Å². The lowest BCUT2D eigenvalue weighted by Crippen LogP contribution is -2.49. The van der Waals surface area contributed by atoms with E-state index in [1.165, 1.54) is 16.7 Å². The van der Waals surface area contributed by atoms with Crippen molar-refractivity contribution >= 4 is 57.0 Å². The number of allylic oxidation sites excluding steroid dienone is 2. The van der Waals surface area contributed by atoms with E-state index in [1.807, 2.05) is 24.3 Å². The molecule has 310 valence electrons. The van der Waals surface area contributed by atoms with Crippen LogP contribution in [0.15, 0.2) is 30.4 Å². The lowest BCUT2D eigenvalue weighted by Gasteiger charge is -2.32. The van der Waals surface area contributed by atoms with Gasteiger partial charge in [-0.1, -0.05) is 68.0 Å². The third kappa shape index (κ3) is 9.42. The Balaban J connectivity index is 1.15. The molecule has 4 fully saturated rings. The Kier molecular flexibility index (Phi) is 12.5. The van der Waals surface area contributed by atoms with Gasteiger partial charge in [0.2, 0.25) is 27.7 Å². The number of carbonyl (C=O) groups excluding carboxylic acids is 6. The van der Waals surface area contributed by atoms with Crippen molar-refractivity contribution in [3.63, 3.8) is 0 Å². The number of nitrogens with one attached hydrogen (secondary N) is 2. The van der Waals surface area contributed by atoms with E-state index in [9.17, 15) is 37.2 Å². The van der Waals surface area contributed by atoms with Crippen LogP contribution < -0.4 is 10.0 Å². The quantitative estimate of drug-likeness (QED) is 0.304. The highest BCUT2D eigenvalue weighted by Gasteiger charge is 2.61. The van der Waals surface area contributed by atoms with E-state index in [2.05, 4.69) is 10.0 Å². The monoisotopic (exact) mass is 826 g/mol. The number of sulfonamides is 1. The number of amides is 4. The molecule has 0 unspecified atom stereocenters. The summed E-state index contributed by atoms with van der Waals surface area (Å²) in [5.74, 6) is -3.19. The van der Waals surface area contributed by atoms with E-state index < -0.39 is 68.5 Å². The number of hydrogen-bond acceptors (Lipinski definition) is 9.